The fraction of sp³-hybridized carbons (Fsp3) is 0.562. The van der Waals surface area contributed by atoms with E-state index in [0.717, 1.165) is 44.5 Å². The molecule has 3 nitrogen and oxygen atoms in total. The van der Waals surface area contributed by atoms with Crippen LogP contribution in [0, 0.1) is 5.92 Å². The summed E-state index contributed by atoms with van der Waals surface area (Å²) in [5.41, 5.74) is -0.223. The monoisotopic (exact) mass is 350 g/mol. The van der Waals surface area contributed by atoms with Gasteiger partial charge in [-0.05, 0) is 56.0 Å². The van der Waals surface area contributed by atoms with Crippen molar-refractivity contribution in [3.8, 4) is 0 Å². The van der Waals surface area contributed by atoms with Crippen LogP contribution >= 0.6 is 12.4 Å². The van der Waals surface area contributed by atoms with Gasteiger partial charge in [-0.25, -0.2) is 0 Å². The third-order valence-electron chi connectivity index (χ3n) is 3.98. The van der Waals surface area contributed by atoms with Crippen LogP contribution in [0.3, 0.4) is 0 Å². The Morgan fingerprint density at radius 2 is 1.96 bits per heavy atom. The lowest BCUT2D eigenvalue weighted by Gasteiger charge is -2.22. The Labute approximate surface area is 140 Å². The Morgan fingerprint density at radius 1 is 1.26 bits per heavy atom. The number of hydrogen-bond acceptors (Lipinski definition) is 2. The van der Waals surface area contributed by atoms with Crippen molar-refractivity contribution in [2.75, 3.05) is 13.1 Å². The molecule has 7 heteroatoms. The summed E-state index contributed by atoms with van der Waals surface area (Å²) in [6.45, 7) is 2.13. The lowest BCUT2D eigenvalue weighted by Crippen LogP contribution is -2.29. The minimum absolute atomic E-state index is 0. The van der Waals surface area contributed by atoms with Crippen molar-refractivity contribution in [2.24, 2.45) is 5.92 Å². The van der Waals surface area contributed by atoms with Crippen LogP contribution in [0.5, 0.6) is 0 Å². The molecule has 23 heavy (non-hydrogen) atoms. The van der Waals surface area contributed by atoms with Crippen molar-refractivity contribution in [1.82, 2.24) is 10.6 Å². The summed E-state index contributed by atoms with van der Waals surface area (Å²) >= 11 is 0. The van der Waals surface area contributed by atoms with E-state index in [-0.39, 0.29) is 24.9 Å². The fourth-order valence-electron chi connectivity index (χ4n) is 2.65. The molecule has 1 saturated heterocycles. The highest BCUT2D eigenvalue weighted by Gasteiger charge is 2.30. The van der Waals surface area contributed by atoms with E-state index >= 15 is 0 Å². The van der Waals surface area contributed by atoms with Gasteiger partial charge in [-0.3, -0.25) is 4.79 Å². The summed E-state index contributed by atoms with van der Waals surface area (Å²) in [4.78, 5) is 11.8. The Hall–Kier alpha value is -1.27. The number of rotatable bonds is 5. The van der Waals surface area contributed by atoms with Crippen molar-refractivity contribution in [2.45, 2.75) is 38.4 Å². The van der Waals surface area contributed by atoms with E-state index < -0.39 is 11.7 Å². The van der Waals surface area contributed by atoms with Crippen molar-refractivity contribution in [1.29, 1.82) is 0 Å². The molecule has 130 valence electrons. The predicted octanol–water partition coefficient (Wildman–Crippen LogP) is 3.52. The number of carbonyl (C=O) groups is 1. The second kappa shape index (κ2) is 9.13. The average molecular weight is 351 g/mol. The molecule has 1 aliphatic heterocycles. The van der Waals surface area contributed by atoms with Gasteiger partial charge in [-0.1, -0.05) is 12.1 Å². The Kier molecular flexibility index (Phi) is 7.85. The first kappa shape index (κ1) is 19.8. The largest absolute Gasteiger partial charge is 0.416 e. The lowest BCUT2D eigenvalue weighted by atomic mass is 9.93. The van der Waals surface area contributed by atoms with Crippen LogP contribution in [0.25, 0.3) is 0 Å². The molecule has 0 aliphatic carbocycles. The number of carbonyl (C=O) groups excluding carboxylic acids is 1. The van der Waals surface area contributed by atoms with Gasteiger partial charge in [0.1, 0.15) is 0 Å². The normalized spacial score (nSPS) is 15.8. The number of alkyl halides is 3. The molecular formula is C16H22ClF3N2O. The zero-order valence-electron chi connectivity index (χ0n) is 12.8. The predicted molar refractivity (Wildman–Crippen MR) is 85.4 cm³/mol. The first-order valence-corrected chi connectivity index (χ1v) is 7.58. The Bertz CT molecular complexity index is 502. The van der Waals surface area contributed by atoms with E-state index in [1.165, 1.54) is 6.07 Å². The molecule has 1 heterocycles. The Balaban J connectivity index is 0.00000264. The number of hydrogen-bond donors (Lipinski definition) is 2. The maximum absolute atomic E-state index is 12.6. The van der Waals surface area contributed by atoms with E-state index in [1.54, 1.807) is 6.07 Å². The van der Waals surface area contributed by atoms with Crippen LogP contribution in [0.1, 0.15) is 36.8 Å². The first-order chi connectivity index (χ1) is 10.4. The molecule has 2 rings (SSSR count). The minimum Gasteiger partial charge on any atom is -0.352 e. The number of halogens is 4. The molecule has 1 amide bonds. The molecule has 0 atom stereocenters. The molecule has 1 aliphatic rings. The van der Waals surface area contributed by atoms with Gasteiger partial charge in [0, 0.05) is 13.0 Å². The summed E-state index contributed by atoms with van der Waals surface area (Å²) in [6, 6.07) is 5.05. The Morgan fingerprint density at radius 3 is 2.61 bits per heavy atom. The summed E-state index contributed by atoms with van der Waals surface area (Å²) in [5, 5.41) is 5.97. The van der Waals surface area contributed by atoms with Gasteiger partial charge in [0.25, 0.3) is 0 Å². The number of benzene rings is 1. The van der Waals surface area contributed by atoms with Crippen molar-refractivity contribution >= 4 is 18.3 Å². The maximum atomic E-state index is 12.6. The molecule has 1 fully saturated rings. The van der Waals surface area contributed by atoms with E-state index in [9.17, 15) is 18.0 Å². The summed E-state index contributed by atoms with van der Waals surface area (Å²) in [7, 11) is 0. The second-order valence-corrected chi connectivity index (χ2v) is 5.71. The fourth-order valence-corrected chi connectivity index (χ4v) is 2.65. The van der Waals surface area contributed by atoms with Gasteiger partial charge in [0.2, 0.25) is 5.91 Å². The van der Waals surface area contributed by atoms with Crippen molar-refractivity contribution in [3.63, 3.8) is 0 Å². The standard InChI is InChI=1S/C16H21F3N2O.ClH/c17-16(18,19)14-3-1-2-13(10-14)11-21-15(22)5-4-12-6-8-20-9-7-12;/h1-3,10,12,20H,4-9,11H2,(H,21,22);1H. The van der Waals surface area contributed by atoms with E-state index in [1.807, 2.05) is 0 Å². The highest BCUT2D eigenvalue weighted by Crippen LogP contribution is 2.29. The molecule has 1 aromatic carbocycles. The van der Waals surface area contributed by atoms with E-state index in [4.69, 9.17) is 0 Å². The second-order valence-electron chi connectivity index (χ2n) is 5.71. The maximum Gasteiger partial charge on any atom is 0.416 e. The number of piperidine rings is 1. The van der Waals surface area contributed by atoms with Crippen LogP contribution in [-0.2, 0) is 17.5 Å². The van der Waals surface area contributed by atoms with Crippen LogP contribution in [0.15, 0.2) is 24.3 Å². The molecule has 0 spiro atoms. The third-order valence-corrected chi connectivity index (χ3v) is 3.98. The molecule has 1 aromatic rings. The molecule has 0 radical (unpaired) electrons. The highest BCUT2D eigenvalue weighted by molar-refractivity contribution is 5.85. The number of amides is 1. The van der Waals surface area contributed by atoms with Crippen molar-refractivity contribution in [3.05, 3.63) is 35.4 Å². The smallest absolute Gasteiger partial charge is 0.352 e. The van der Waals surface area contributed by atoms with Crippen LogP contribution in [-0.4, -0.2) is 19.0 Å². The SMILES string of the molecule is Cl.O=C(CCC1CCNCC1)NCc1cccc(C(F)(F)F)c1. The highest BCUT2D eigenvalue weighted by atomic mass is 35.5. The molecule has 0 saturated carbocycles. The van der Waals surface area contributed by atoms with Crippen LogP contribution in [0.2, 0.25) is 0 Å². The molecule has 0 bridgehead atoms. The van der Waals surface area contributed by atoms with Crippen LogP contribution in [0.4, 0.5) is 13.2 Å². The van der Waals surface area contributed by atoms with Gasteiger partial charge >= 0.3 is 6.18 Å². The molecule has 2 N–H and O–H groups in total. The zero-order valence-corrected chi connectivity index (χ0v) is 13.6. The first-order valence-electron chi connectivity index (χ1n) is 7.58. The third kappa shape index (κ3) is 6.79. The summed E-state index contributed by atoms with van der Waals surface area (Å²) in [5.74, 6) is 0.469. The van der Waals surface area contributed by atoms with Gasteiger partial charge < -0.3 is 10.6 Å². The number of nitrogens with one attached hydrogen (secondary N) is 2. The van der Waals surface area contributed by atoms with Crippen LogP contribution < -0.4 is 10.6 Å². The molecule has 0 aromatic heterocycles. The minimum atomic E-state index is -4.35. The van der Waals surface area contributed by atoms with E-state index in [2.05, 4.69) is 10.6 Å². The van der Waals surface area contributed by atoms with Gasteiger partial charge in [-0.15, -0.1) is 12.4 Å². The quantitative estimate of drug-likeness (QED) is 0.853. The van der Waals surface area contributed by atoms with E-state index in [0.29, 0.717) is 17.9 Å². The van der Waals surface area contributed by atoms with Gasteiger partial charge in [0.15, 0.2) is 0 Å². The molecular weight excluding hydrogens is 329 g/mol. The topological polar surface area (TPSA) is 41.1 Å². The van der Waals surface area contributed by atoms with Gasteiger partial charge in [-0.2, -0.15) is 13.2 Å². The summed E-state index contributed by atoms with van der Waals surface area (Å²) in [6.07, 6.45) is -0.906. The lowest BCUT2D eigenvalue weighted by molar-refractivity contribution is -0.137. The summed E-state index contributed by atoms with van der Waals surface area (Å²) < 4.78 is 37.8. The van der Waals surface area contributed by atoms with Gasteiger partial charge in [0.05, 0.1) is 5.56 Å². The average Bonchev–Trinajstić information content (AvgIpc) is 2.51. The molecule has 0 unspecified atom stereocenters. The zero-order chi connectivity index (χ0) is 16.0. The van der Waals surface area contributed by atoms with Crippen molar-refractivity contribution < 1.29 is 18.0 Å².